The molecular formula is C23H28N2O5. The summed E-state index contributed by atoms with van der Waals surface area (Å²) in [7, 11) is 0. The first-order chi connectivity index (χ1) is 14.6. The Kier molecular flexibility index (Phi) is 7.65. The van der Waals surface area contributed by atoms with Gasteiger partial charge in [-0.15, -0.1) is 0 Å². The lowest BCUT2D eigenvalue weighted by Gasteiger charge is -2.31. The number of nitrogens with zero attached hydrogens (tertiary/aromatic N) is 1. The molecule has 0 atom stereocenters. The Balaban J connectivity index is 1.37. The van der Waals surface area contributed by atoms with Crippen LogP contribution in [0.2, 0.25) is 0 Å². The van der Waals surface area contributed by atoms with Crippen LogP contribution in [0.1, 0.15) is 59.9 Å². The van der Waals surface area contributed by atoms with Crippen LogP contribution in [0, 0.1) is 0 Å². The SMILES string of the molecule is CCCOc1ccc(C(=O)CCC(=O)NC2CCN(C(=O)c3ccco3)CC2)cc1. The highest BCUT2D eigenvalue weighted by atomic mass is 16.5. The zero-order valence-electron chi connectivity index (χ0n) is 17.3. The Morgan fingerprint density at radius 1 is 1.10 bits per heavy atom. The number of hydrogen-bond acceptors (Lipinski definition) is 5. The maximum atomic E-state index is 12.3. The maximum Gasteiger partial charge on any atom is 0.289 e. The molecule has 2 heterocycles. The number of nitrogens with one attached hydrogen (secondary N) is 1. The summed E-state index contributed by atoms with van der Waals surface area (Å²) in [4.78, 5) is 38.6. The third kappa shape index (κ3) is 5.95. The molecule has 1 fully saturated rings. The van der Waals surface area contributed by atoms with Crippen molar-refractivity contribution in [2.45, 2.75) is 45.1 Å². The van der Waals surface area contributed by atoms with Crippen molar-refractivity contribution in [3.05, 3.63) is 54.0 Å². The fourth-order valence-electron chi connectivity index (χ4n) is 3.41. The Hall–Kier alpha value is -3.09. The summed E-state index contributed by atoms with van der Waals surface area (Å²) in [5.74, 6) is 0.749. The van der Waals surface area contributed by atoms with Crippen LogP contribution < -0.4 is 10.1 Å². The molecule has 1 saturated heterocycles. The van der Waals surface area contributed by atoms with Crippen molar-refractivity contribution in [1.29, 1.82) is 0 Å². The normalized spacial score (nSPS) is 14.4. The van der Waals surface area contributed by atoms with Crippen molar-refractivity contribution in [2.75, 3.05) is 19.7 Å². The molecule has 30 heavy (non-hydrogen) atoms. The van der Waals surface area contributed by atoms with Gasteiger partial charge in [0.05, 0.1) is 12.9 Å². The lowest BCUT2D eigenvalue weighted by atomic mass is 10.0. The first-order valence-corrected chi connectivity index (χ1v) is 10.4. The van der Waals surface area contributed by atoms with E-state index in [0.29, 0.717) is 43.9 Å². The van der Waals surface area contributed by atoms with Gasteiger partial charge in [-0.1, -0.05) is 6.92 Å². The van der Waals surface area contributed by atoms with Gasteiger partial charge in [-0.25, -0.2) is 0 Å². The molecule has 1 aliphatic heterocycles. The number of Topliss-reactive ketones (excluding diaryl/α,β-unsaturated/α-hetero) is 1. The highest BCUT2D eigenvalue weighted by molar-refractivity contribution is 5.98. The van der Waals surface area contributed by atoms with Crippen LogP contribution in [0.25, 0.3) is 0 Å². The Morgan fingerprint density at radius 3 is 2.47 bits per heavy atom. The number of rotatable bonds is 9. The molecule has 1 aliphatic rings. The lowest BCUT2D eigenvalue weighted by Crippen LogP contribution is -2.46. The predicted molar refractivity (Wildman–Crippen MR) is 112 cm³/mol. The first-order valence-electron chi connectivity index (χ1n) is 10.4. The number of hydrogen-bond donors (Lipinski definition) is 1. The van der Waals surface area contributed by atoms with E-state index in [1.54, 1.807) is 41.3 Å². The molecule has 1 N–H and O–H groups in total. The standard InChI is InChI=1S/C23H28N2O5/c1-2-15-29-19-7-5-17(6-8-19)20(26)9-10-22(27)24-18-11-13-25(14-12-18)23(28)21-4-3-16-30-21/h3-8,16,18H,2,9-15H2,1H3,(H,24,27). The monoisotopic (exact) mass is 412 g/mol. The van der Waals surface area contributed by atoms with Crippen LogP contribution in [0.4, 0.5) is 0 Å². The molecule has 0 radical (unpaired) electrons. The van der Waals surface area contributed by atoms with Gasteiger partial charge in [0.15, 0.2) is 11.5 Å². The van der Waals surface area contributed by atoms with E-state index >= 15 is 0 Å². The van der Waals surface area contributed by atoms with Gasteiger partial charge in [0.2, 0.25) is 5.91 Å². The van der Waals surface area contributed by atoms with E-state index in [1.807, 2.05) is 6.92 Å². The molecule has 1 aromatic carbocycles. The second kappa shape index (κ2) is 10.6. The van der Waals surface area contributed by atoms with E-state index < -0.39 is 0 Å². The molecule has 0 unspecified atom stereocenters. The minimum absolute atomic E-state index is 0.0169. The van der Waals surface area contributed by atoms with Crippen molar-refractivity contribution in [3.8, 4) is 5.75 Å². The fourth-order valence-corrected chi connectivity index (χ4v) is 3.41. The van der Waals surface area contributed by atoms with E-state index in [1.165, 1.54) is 6.26 Å². The van der Waals surface area contributed by atoms with Gasteiger partial charge in [0.25, 0.3) is 5.91 Å². The molecule has 7 heteroatoms. The summed E-state index contributed by atoms with van der Waals surface area (Å²) in [6.45, 7) is 3.81. The van der Waals surface area contributed by atoms with Gasteiger partial charge in [-0.3, -0.25) is 14.4 Å². The van der Waals surface area contributed by atoms with Crippen LogP contribution in [0.15, 0.2) is 47.1 Å². The molecule has 0 spiro atoms. The van der Waals surface area contributed by atoms with Crippen LogP contribution in [0.5, 0.6) is 5.75 Å². The molecule has 1 aromatic heterocycles. The number of carbonyl (C=O) groups excluding carboxylic acids is 3. The van der Waals surface area contributed by atoms with Crippen molar-refractivity contribution >= 4 is 17.6 Å². The summed E-state index contributed by atoms with van der Waals surface area (Å²) in [5.41, 5.74) is 0.580. The van der Waals surface area contributed by atoms with Crippen molar-refractivity contribution in [1.82, 2.24) is 10.2 Å². The van der Waals surface area contributed by atoms with E-state index in [0.717, 1.165) is 12.2 Å². The summed E-state index contributed by atoms with van der Waals surface area (Å²) in [6, 6.07) is 10.4. The Bertz CT molecular complexity index is 837. The van der Waals surface area contributed by atoms with Crippen LogP contribution in [-0.2, 0) is 4.79 Å². The fraction of sp³-hybridized carbons (Fsp3) is 0.435. The lowest BCUT2D eigenvalue weighted by molar-refractivity contribution is -0.122. The zero-order valence-corrected chi connectivity index (χ0v) is 17.3. The summed E-state index contributed by atoms with van der Waals surface area (Å²) >= 11 is 0. The van der Waals surface area contributed by atoms with E-state index in [2.05, 4.69) is 5.32 Å². The third-order valence-corrected chi connectivity index (χ3v) is 5.11. The number of carbonyl (C=O) groups is 3. The van der Waals surface area contributed by atoms with E-state index in [9.17, 15) is 14.4 Å². The van der Waals surface area contributed by atoms with Crippen molar-refractivity contribution in [2.24, 2.45) is 0 Å². The molecule has 0 aliphatic carbocycles. The maximum absolute atomic E-state index is 12.3. The Labute approximate surface area is 176 Å². The number of ketones is 1. The molecule has 0 bridgehead atoms. The van der Waals surface area contributed by atoms with Crippen LogP contribution in [0.3, 0.4) is 0 Å². The molecule has 7 nitrogen and oxygen atoms in total. The molecule has 0 saturated carbocycles. The summed E-state index contributed by atoms with van der Waals surface area (Å²) in [6.07, 6.45) is 4.09. The number of benzene rings is 1. The minimum atomic E-state index is -0.137. The molecule has 160 valence electrons. The van der Waals surface area contributed by atoms with Gasteiger partial charge in [-0.05, 0) is 55.7 Å². The summed E-state index contributed by atoms with van der Waals surface area (Å²) in [5, 5.41) is 2.98. The highest BCUT2D eigenvalue weighted by Crippen LogP contribution is 2.16. The van der Waals surface area contributed by atoms with Crippen LogP contribution in [-0.4, -0.2) is 48.2 Å². The van der Waals surface area contributed by atoms with Gasteiger partial charge in [-0.2, -0.15) is 0 Å². The zero-order chi connectivity index (χ0) is 21.3. The second-order valence-corrected chi connectivity index (χ2v) is 7.41. The number of ether oxygens (including phenoxy) is 1. The second-order valence-electron chi connectivity index (χ2n) is 7.41. The largest absolute Gasteiger partial charge is 0.494 e. The minimum Gasteiger partial charge on any atom is -0.494 e. The van der Waals surface area contributed by atoms with Gasteiger partial charge in [0, 0.05) is 37.5 Å². The quantitative estimate of drug-likeness (QED) is 0.637. The first kappa shape index (κ1) is 21.6. The number of piperidine rings is 1. The average molecular weight is 412 g/mol. The average Bonchev–Trinajstić information content (AvgIpc) is 3.31. The van der Waals surface area contributed by atoms with Crippen molar-refractivity contribution < 1.29 is 23.5 Å². The number of likely N-dealkylation sites (tertiary alicyclic amines) is 1. The van der Waals surface area contributed by atoms with Crippen molar-refractivity contribution in [3.63, 3.8) is 0 Å². The smallest absolute Gasteiger partial charge is 0.289 e. The molecule has 2 amide bonds. The molecule has 2 aromatic rings. The van der Waals surface area contributed by atoms with Gasteiger partial charge in [0.1, 0.15) is 5.75 Å². The van der Waals surface area contributed by atoms with E-state index in [-0.39, 0.29) is 36.5 Å². The third-order valence-electron chi connectivity index (χ3n) is 5.11. The summed E-state index contributed by atoms with van der Waals surface area (Å²) < 4.78 is 10.7. The predicted octanol–water partition coefficient (Wildman–Crippen LogP) is 3.45. The molecular weight excluding hydrogens is 384 g/mol. The molecule has 3 rings (SSSR count). The van der Waals surface area contributed by atoms with Gasteiger partial charge >= 0.3 is 0 Å². The van der Waals surface area contributed by atoms with Crippen LogP contribution >= 0.6 is 0 Å². The highest BCUT2D eigenvalue weighted by Gasteiger charge is 2.25. The number of furan rings is 1. The number of amides is 2. The van der Waals surface area contributed by atoms with Gasteiger partial charge < -0.3 is 19.4 Å². The Morgan fingerprint density at radius 2 is 1.83 bits per heavy atom. The van der Waals surface area contributed by atoms with E-state index in [4.69, 9.17) is 9.15 Å². The topological polar surface area (TPSA) is 88.9 Å².